The van der Waals surface area contributed by atoms with Crippen molar-refractivity contribution in [1.82, 2.24) is 4.90 Å². The van der Waals surface area contributed by atoms with Crippen LogP contribution in [0.15, 0.2) is 54.6 Å². The van der Waals surface area contributed by atoms with Crippen molar-refractivity contribution in [1.29, 1.82) is 0 Å². The first-order valence-corrected chi connectivity index (χ1v) is 11.8. The third-order valence-electron chi connectivity index (χ3n) is 5.26. The van der Waals surface area contributed by atoms with Crippen molar-refractivity contribution in [3.63, 3.8) is 0 Å². The highest BCUT2D eigenvalue weighted by Gasteiger charge is 2.28. The van der Waals surface area contributed by atoms with Crippen LogP contribution < -0.4 is 9.21 Å². The predicted molar refractivity (Wildman–Crippen MR) is 118 cm³/mol. The third kappa shape index (κ3) is 5.09. The minimum atomic E-state index is -3.59. The van der Waals surface area contributed by atoms with Crippen molar-refractivity contribution >= 4 is 27.3 Å². The van der Waals surface area contributed by atoms with Gasteiger partial charge in [-0.2, -0.15) is 0 Å². The zero-order valence-corrected chi connectivity index (χ0v) is 18.1. The number of nitrogens with zero attached hydrogens (tertiary/aromatic N) is 3. The van der Waals surface area contributed by atoms with E-state index in [4.69, 9.17) is 0 Å². The van der Waals surface area contributed by atoms with Crippen LogP contribution >= 0.6 is 0 Å². The van der Waals surface area contributed by atoms with E-state index in [-0.39, 0.29) is 18.4 Å². The predicted octanol–water partition coefficient (Wildman–Crippen LogP) is 2.92. The molecule has 0 saturated carbocycles. The SMILES string of the molecule is CC(C)c1ccccc1N(CC(=O)N1CCN(c2ccccc2)CC1)S(C)(=O)=O. The first kappa shape index (κ1) is 21.2. The monoisotopic (exact) mass is 415 g/mol. The fraction of sp³-hybridized carbons (Fsp3) is 0.409. The normalized spacial score (nSPS) is 14.9. The van der Waals surface area contributed by atoms with E-state index in [0.29, 0.717) is 18.8 Å². The Balaban J connectivity index is 1.72. The van der Waals surface area contributed by atoms with Crippen LogP contribution in [0, 0.1) is 0 Å². The number of piperazine rings is 1. The number of carbonyl (C=O) groups excluding carboxylic acids is 1. The summed E-state index contributed by atoms with van der Waals surface area (Å²) in [5, 5.41) is 0. The van der Waals surface area contributed by atoms with E-state index in [1.54, 1.807) is 11.0 Å². The van der Waals surface area contributed by atoms with Gasteiger partial charge in [-0.15, -0.1) is 0 Å². The van der Waals surface area contributed by atoms with E-state index in [1.165, 1.54) is 4.31 Å². The van der Waals surface area contributed by atoms with Gasteiger partial charge in [-0.25, -0.2) is 8.42 Å². The van der Waals surface area contributed by atoms with Crippen LogP contribution in [0.3, 0.4) is 0 Å². The number of amides is 1. The van der Waals surface area contributed by atoms with Crippen molar-refractivity contribution in [2.45, 2.75) is 19.8 Å². The van der Waals surface area contributed by atoms with Crippen molar-refractivity contribution < 1.29 is 13.2 Å². The Morgan fingerprint density at radius 2 is 1.55 bits per heavy atom. The lowest BCUT2D eigenvalue weighted by atomic mass is 10.0. The molecular formula is C22H29N3O3S. The molecule has 0 unspecified atom stereocenters. The summed E-state index contributed by atoms with van der Waals surface area (Å²) in [7, 11) is -3.59. The number of rotatable bonds is 6. The highest BCUT2D eigenvalue weighted by Crippen LogP contribution is 2.29. The number of benzene rings is 2. The van der Waals surface area contributed by atoms with Crippen LogP contribution in [0.4, 0.5) is 11.4 Å². The summed E-state index contributed by atoms with van der Waals surface area (Å²) in [5.41, 5.74) is 2.64. The maximum absolute atomic E-state index is 13.0. The Labute approximate surface area is 173 Å². The largest absolute Gasteiger partial charge is 0.368 e. The van der Waals surface area contributed by atoms with Gasteiger partial charge < -0.3 is 9.80 Å². The van der Waals surface area contributed by atoms with Gasteiger partial charge in [0.15, 0.2) is 0 Å². The number of sulfonamides is 1. The zero-order chi connectivity index (χ0) is 21.0. The second kappa shape index (κ2) is 8.86. The average molecular weight is 416 g/mol. The van der Waals surface area contributed by atoms with Gasteiger partial charge in [-0.05, 0) is 29.7 Å². The molecular weight excluding hydrogens is 386 g/mol. The van der Waals surface area contributed by atoms with Crippen LogP contribution in [0.5, 0.6) is 0 Å². The number of anilines is 2. The van der Waals surface area contributed by atoms with Crippen LogP contribution in [0.1, 0.15) is 25.3 Å². The van der Waals surface area contributed by atoms with E-state index >= 15 is 0 Å². The van der Waals surface area contributed by atoms with E-state index in [1.807, 2.05) is 50.2 Å². The van der Waals surface area contributed by atoms with Gasteiger partial charge in [0, 0.05) is 31.9 Å². The molecule has 1 aliphatic heterocycles. The maximum atomic E-state index is 13.0. The molecule has 2 aromatic rings. The molecule has 0 aromatic heterocycles. The van der Waals surface area contributed by atoms with Crippen molar-refractivity contribution in [2.75, 3.05) is 48.2 Å². The van der Waals surface area contributed by atoms with Crippen LogP contribution in [-0.2, 0) is 14.8 Å². The highest BCUT2D eigenvalue weighted by atomic mass is 32.2. The zero-order valence-electron chi connectivity index (χ0n) is 17.3. The molecule has 1 heterocycles. The molecule has 0 atom stereocenters. The minimum absolute atomic E-state index is 0.153. The Hall–Kier alpha value is -2.54. The molecule has 156 valence electrons. The lowest BCUT2D eigenvalue weighted by Crippen LogP contribution is -2.52. The molecule has 0 N–H and O–H groups in total. The van der Waals surface area contributed by atoms with Gasteiger partial charge >= 0.3 is 0 Å². The highest BCUT2D eigenvalue weighted by molar-refractivity contribution is 7.92. The maximum Gasteiger partial charge on any atom is 0.243 e. The molecule has 0 aliphatic carbocycles. The van der Waals surface area contributed by atoms with Gasteiger partial charge in [0.1, 0.15) is 6.54 Å². The third-order valence-corrected chi connectivity index (χ3v) is 6.39. The number of hydrogen-bond acceptors (Lipinski definition) is 4. The molecule has 2 aromatic carbocycles. The smallest absolute Gasteiger partial charge is 0.243 e. The fourth-order valence-electron chi connectivity index (χ4n) is 3.66. The Kier molecular flexibility index (Phi) is 6.47. The topological polar surface area (TPSA) is 60.9 Å². The van der Waals surface area contributed by atoms with E-state index in [9.17, 15) is 13.2 Å². The fourth-order valence-corrected chi connectivity index (χ4v) is 4.53. The van der Waals surface area contributed by atoms with Crippen LogP contribution in [0.2, 0.25) is 0 Å². The Morgan fingerprint density at radius 1 is 0.966 bits per heavy atom. The van der Waals surface area contributed by atoms with E-state index in [0.717, 1.165) is 30.6 Å². The Bertz CT molecular complexity index is 937. The standard InChI is InChI=1S/C22H29N3O3S/c1-18(2)20-11-7-8-12-21(20)25(29(3,27)28)17-22(26)24-15-13-23(14-16-24)19-9-5-4-6-10-19/h4-12,18H,13-17H2,1-3H3. The molecule has 0 spiro atoms. The first-order chi connectivity index (χ1) is 13.8. The van der Waals surface area contributed by atoms with Crippen molar-refractivity contribution in [3.05, 3.63) is 60.2 Å². The molecule has 1 fully saturated rings. The van der Waals surface area contributed by atoms with Gasteiger partial charge in [-0.1, -0.05) is 50.2 Å². The number of hydrogen-bond donors (Lipinski definition) is 0. The van der Waals surface area contributed by atoms with Gasteiger partial charge in [0.05, 0.1) is 11.9 Å². The molecule has 7 heteroatoms. The van der Waals surface area contributed by atoms with Crippen molar-refractivity contribution in [2.24, 2.45) is 0 Å². The summed E-state index contributed by atoms with van der Waals surface area (Å²) in [6.07, 6.45) is 1.16. The Morgan fingerprint density at radius 3 is 2.14 bits per heavy atom. The van der Waals surface area contributed by atoms with Gasteiger partial charge in [0.25, 0.3) is 0 Å². The molecule has 0 bridgehead atoms. The van der Waals surface area contributed by atoms with Gasteiger partial charge in [0.2, 0.25) is 15.9 Å². The average Bonchev–Trinajstić information content (AvgIpc) is 2.71. The summed E-state index contributed by atoms with van der Waals surface area (Å²) in [6.45, 7) is 6.49. The molecule has 29 heavy (non-hydrogen) atoms. The molecule has 1 aliphatic rings. The summed E-state index contributed by atoms with van der Waals surface area (Å²) in [4.78, 5) is 17.0. The summed E-state index contributed by atoms with van der Waals surface area (Å²) >= 11 is 0. The van der Waals surface area contributed by atoms with E-state index in [2.05, 4.69) is 17.0 Å². The van der Waals surface area contributed by atoms with Crippen molar-refractivity contribution in [3.8, 4) is 0 Å². The van der Waals surface area contributed by atoms with Crippen LogP contribution in [-0.4, -0.2) is 58.2 Å². The minimum Gasteiger partial charge on any atom is -0.368 e. The second-order valence-corrected chi connectivity index (χ2v) is 9.59. The quantitative estimate of drug-likeness (QED) is 0.728. The van der Waals surface area contributed by atoms with Gasteiger partial charge in [-0.3, -0.25) is 9.10 Å². The summed E-state index contributed by atoms with van der Waals surface area (Å²) in [6, 6.07) is 17.5. The molecule has 1 saturated heterocycles. The molecule has 0 radical (unpaired) electrons. The summed E-state index contributed by atoms with van der Waals surface area (Å²) in [5.74, 6) is -0.0123. The second-order valence-electron chi connectivity index (χ2n) is 7.69. The summed E-state index contributed by atoms with van der Waals surface area (Å²) < 4.78 is 26.3. The lowest BCUT2D eigenvalue weighted by Gasteiger charge is -2.37. The first-order valence-electron chi connectivity index (χ1n) is 9.92. The molecule has 6 nitrogen and oxygen atoms in total. The van der Waals surface area contributed by atoms with Crippen LogP contribution in [0.25, 0.3) is 0 Å². The number of carbonyl (C=O) groups is 1. The molecule has 1 amide bonds. The van der Waals surface area contributed by atoms with E-state index < -0.39 is 10.0 Å². The number of para-hydroxylation sites is 2. The lowest BCUT2D eigenvalue weighted by molar-refractivity contribution is -0.129. The molecule has 3 rings (SSSR count).